The molecular formula is C18H19F3N2O4. The molecule has 27 heavy (non-hydrogen) atoms. The predicted octanol–water partition coefficient (Wildman–Crippen LogP) is 3.00. The molecule has 1 heterocycles. The van der Waals surface area contributed by atoms with Crippen molar-refractivity contribution in [1.29, 1.82) is 0 Å². The first-order valence-electron chi connectivity index (χ1n) is 8.16. The number of benzene rings is 1. The molecule has 1 N–H and O–H groups in total. The number of hydrogen-bond donors (Lipinski definition) is 1. The molecule has 0 saturated heterocycles. The summed E-state index contributed by atoms with van der Waals surface area (Å²) in [5.41, 5.74) is 0.409. The van der Waals surface area contributed by atoms with Crippen LogP contribution in [0.25, 0.3) is 0 Å². The van der Waals surface area contributed by atoms with Crippen molar-refractivity contribution in [2.45, 2.75) is 19.6 Å². The van der Waals surface area contributed by atoms with E-state index in [-0.39, 0.29) is 24.0 Å². The zero-order valence-electron chi connectivity index (χ0n) is 14.6. The number of carbonyl (C=O) groups is 2. The molecule has 0 atom stereocenters. The van der Waals surface area contributed by atoms with Crippen molar-refractivity contribution in [2.24, 2.45) is 0 Å². The molecule has 6 nitrogen and oxygen atoms in total. The Bertz CT molecular complexity index is 743. The highest BCUT2D eigenvalue weighted by Crippen LogP contribution is 2.19. The molecule has 0 unspecified atom stereocenters. The lowest BCUT2D eigenvalue weighted by Crippen LogP contribution is -2.40. The molecule has 2 amide bonds. The van der Waals surface area contributed by atoms with Gasteiger partial charge in [-0.25, -0.2) is 0 Å². The Morgan fingerprint density at radius 2 is 1.89 bits per heavy atom. The maximum Gasteiger partial charge on any atom is 0.406 e. The van der Waals surface area contributed by atoms with Crippen LogP contribution >= 0.6 is 0 Å². The molecule has 0 aliphatic heterocycles. The lowest BCUT2D eigenvalue weighted by Gasteiger charge is -2.23. The summed E-state index contributed by atoms with van der Waals surface area (Å²) in [5.74, 6) is -0.591. The number of halogens is 3. The minimum absolute atomic E-state index is 0.235. The fourth-order valence-corrected chi connectivity index (χ4v) is 2.24. The molecule has 0 aliphatic rings. The first-order chi connectivity index (χ1) is 12.8. The van der Waals surface area contributed by atoms with Crippen LogP contribution in [-0.2, 0) is 11.3 Å². The van der Waals surface area contributed by atoms with Crippen LogP contribution in [0, 0.1) is 0 Å². The monoisotopic (exact) mass is 384 g/mol. The van der Waals surface area contributed by atoms with Crippen LogP contribution in [-0.4, -0.2) is 42.6 Å². The maximum absolute atomic E-state index is 12.7. The van der Waals surface area contributed by atoms with E-state index in [1.54, 1.807) is 6.92 Å². The Morgan fingerprint density at radius 3 is 2.44 bits per heavy atom. The van der Waals surface area contributed by atoms with E-state index in [9.17, 15) is 22.8 Å². The molecule has 0 spiro atoms. The lowest BCUT2D eigenvalue weighted by atomic mass is 10.2. The van der Waals surface area contributed by atoms with Gasteiger partial charge in [0.15, 0.2) is 6.61 Å². The summed E-state index contributed by atoms with van der Waals surface area (Å²) >= 11 is 0. The fraction of sp³-hybridized carbons (Fsp3) is 0.333. The third kappa shape index (κ3) is 6.69. The number of nitrogens with zero attached hydrogens (tertiary/aromatic N) is 1. The molecule has 9 heteroatoms. The number of furan rings is 1. The number of hydrogen-bond acceptors (Lipinski definition) is 4. The summed E-state index contributed by atoms with van der Waals surface area (Å²) in [5, 5.41) is 2.63. The van der Waals surface area contributed by atoms with Gasteiger partial charge < -0.3 is 19.4 Å². The van der Waals surface area contributed by atoms with Gasteiger partial charge in [-0.1, -0.05) is 0 Å². The van der Waals surface area contributed by atoms with Crippen molar-refractivity contribution in [3.8, 4) is 5.75 Å². The van der Waals surface area contributed by atoms with Crippen LogP contribution in [0.5, 0.6) is 5.75 Å². The first-order valence-corrected chi connectivity index (χ1v) is 8.16. The van der Waals surface area contributed by atoms with E-state index in [4.69, 9.17) is 9.15 Å². The second-order valence-corrected chi connectivity index (χ2v) is 5.62. The maximum atomic E-state index is 12.7. The van der Waals surface area contributed by atoms with Gasteiger partial charge in [0.2, 0.25) is 0 Å². The van der Waals surface area contributed by atoms with Crippen LogP contribution in [0.4, 0.5) is 13.2 Å². The Kier molecular flexibility index (Phi) is 6.86. The average molecular weight is 384 g/mol. The normalized spacial score (nSPS) is 11.1. The van der Waals surface area contributed by atoms with Gasteiger partial charge >= 0.3 is 6.18 Å². The van der Waals surface area contributed by atoms with Crippen molar-refractivity contribution in [3.63, 3.8) is 0 Å². The summed E-state index contributed by atoms with van der Waals surface area (Å²) in [6, 6.07) is 8.95. The third-order valence-corrected chi connectivity index (χ3v) is 3.47. The average Bonchev–Trinajstić information content (AvgIpc) is 3.11. The molecule has 1 aromatic carbocycles. The highest BCUT2D eigenvalue weighted by molar-refractivity contribution is 5.94. The molecule has 2 rings (SSSR count). The lowest BCUT2D eigenvalue weighted by molar-refractivity contribution is -0.164. The molecule has 0 bridgehead atoms. The second-order valence-electron chi connectivity index (χ2n) is 5.62. The van der Waals surface area contributed by atoms with Gasteiger partial charge in [-0.3, -0.25) is 9.59 Å². The van der Waals surface area contributed by atoms with Crippen LogP contribution in [0.15, 0.2) is 47.1 Å². The van der Waals surface area contributed by atoms with Crippen LogP contribution in [0.1, 0.15) is 23.0 Å². The fourth-order valence-electron chi connectivity index (χ4n) is 2.24. The molecule has 0 radical (unpaired) electrons. The van der Waals surface area contributed by atoms with E-state index < -0.39 is 25.2 Å². The van der Waals surface area contributed by atoms with Crippen molar-refractivity contribution in [2.75, 3.05) is 19.7 Å². The van der Waals surface area contributed by atoms with Gasteiger partial charge in [-0.05, 0) is 43.3 Å². The molecule has 0 saturated carbocycles. The van der Waals surface area contributed by atoms with Crippen molar-refractivity contribution in [1.82, 2.24) is 10.2 Å². The van der Waals surface area contributed by atoms with Crippen LogP contribution in [0.2, 0.25) is 0 Å². The van der Waals surface area contributed by atoms with E-state index in [1.807, 2.05) is 0 Å². The number of carbonyl (C=O) groups excluding carboxylic acids is 2. The van der Waals surface area contributed by atoms with E-state index in [0.717, 1.165) is 0 Å². The SMILES string of the molecule is CCNC(=O)c1ccc(OCC(=O)N(Cc2ccco2)CC(F)(F)F)cc1. The van der Waals surface area contributed by atoms with E-state index >= 15 is 0 Å². The standard InChI is InChI=1S/C18H19F3N2O4/c1-2-22-17(25)13-5-7-14(8-6-13)27-11-16(24)23(12-18(19,20)21)10-15-4-3-9-26-15/h3-9H,2,10-12H2,1H3,(H,22,25). The summed E-state index contributed by atoms with van der Waals surface area (Å²) in [6.07, 6.45) is -3.23. The van der Waals surface area contributed by atoms with E-state index in [1.165, 1.54) is 42.7 Å². The summed E-state index contributed by atoms with van der Waals surface area (Å²) < 4.78 is 48.5. The van der Waals surface area contributed by atoms with E-state index in [0.29, 0.717) is 17.0 Å². The highest BCUT2D eigenvalue weighted by atomic mass is 19.4. The number of ether oxygens (including phenoxy) is 1. The zero-order chi connectivity index (χ0) is 19.9. The zero-order valence-corrected chi connectivity index (χ0v) is 14.6. The van der Waals surface area contributed by atoms with Crippen molar-refractivity contribution >= 4 is 11.8 Å². The van der Waals surface area contributed by atoms with Crippen LogP contribution < -0.4 is 10.1 Å². The molecule has 2 aromatic rings. The summed E-state index contributed by atoms with van der Waals surface area (Å²) in [7, 11) is 0. The van der Waals surface area contributed by atoms with Gasteiger partial charge in [-0.15, -0.1) is 0 Å². The van der Waals surface area contributed by atoms with Crippen LogP contribution in [0.3, 0.4) is 0 Å². The Labute approximate surface area is 153 Å². The third-order valence-electron chi connectivity index (χ3n) is 3.47. The number of alkyl halides is 3. The summed E-state index contributed by atoms with van der Waals surface area (Å²) in [6.45, 7) is -0.0269. The number of nitrogens with one attached hydrogen (secondary N) is 1. The minimum atomic E-state index is -4.55. The highest BCUT2D eigenvalue weighted by Gasteiger charge is 2.33. The van der Waals surface area contributed by atoms with Crippen molar-refractivity contribution in [3.05, 3.63) is 54.0 Å². The largest absolute Gasteiger partial charge is 0.484 e. The van der Waals surface area contributed by atoms with Gasteiger partial charge in [-0.2, -0.15) is 13.2 Å². The second kappa shape index (κ2) is 9.11. The number of amides is 2. The van der Waals surface area contributed by atoms with Gasteiger partial charge in [0.05, 0.1) is 12.8 Å². The Hall–Kier alpha value is -2.97. The Morgan fingerprint density at radius 1 is 1.19 bits per heavy atom. The predicted molar refractivity (Wildman–Crippen MR) is 90.1 cm³/mol. The molecule has 0 aliphatic carbocycles. The quantitative estimate of drug-likeness (QED) is 0.760. The minimum Gasteiger partial charge on any atom is -0.484 e. The van der Waals surface area contributed by atoms with Gasteiger partial charge in [0.1, 0.15) is 18.1 Å². The van der Waals surface area contributed by atoms with Gasteiger partial charge in [0.25, 0.3) is 11.8 Å². The van der Waals surface area contributed by atoms with E-state index in [2.05, 4.69) is 5.32 Å². The Balaban J connectivity index is 1.96. The van der Waals surface area contributed by atoms with Crippen molar-refractivity contribution < 1.29 is 31.9 Å². The number of rotatable bonds is 8. The molecule has 146 valence electrons. The molecular weight excluding hydrogens is 365 g/mol. The first kappa shape index (κ1) is 20.3. The summed E-state index contributed by atoms with van der Waals surface area (Å²) in [4.78, 5) is 24.5. The topological polar surface area (TPSA) is 71.8 Å². The smallest absolute Gasteiger partial charge is 0.406 e. The molecule has 0 fully saturated rings. The molecule has 1 aromatic heterocycles. The van der Waals surface area contributed by atoms with Gasteiger partial charge in [0, 0.05) is 12.1 Å².